The van der Waals surface area contributed by atoms with Gasteiger partial charge in [-0.2, -0.15) is 11.8 Å². The molecule has 31 heavy (non-hydrogen) atoms. The summed E-state index contributed by atoms with van der Waals surface area (Å²) in [5.74, 6) is 2.23. The number of rotatable bonds is 6. The molecular formula is C24H26N4O2S. The summed E-state index contributed by atoms with van der Waals surface area (Å²) in [6, 6.07) is 13.8. The van der Waals surface area contributed by atoms with Crippen LogP contribution in [0.5, 0.6) is 5.75 Å². The van der Waals surface area contributed by atoms with Crippen molar-refractivity contribution in [1.82, 2.24) is 15.3 Å². The van der Waals surface area contributed by atoms with Crippen molar-refractivity contribution in [2.45, 2.75) is 25.0 Å². The van der Waals surface area contributed by atoms with Crippen LogP contribution in [0.3, 0.4) is 0 Å². The minimum atomic E-state index is -0.135. The van der Waals surface area contributed by atoms with Gasteiger partial charge in [-0.1, -0.05) is 19.9 Å². The molecule has 3 aromatic rings. The summed E-state index contributed by atoms with van der Waals surface area (Å²) in [6.07, 6.45) is 3.81. The lowest BCUT2D eigenvalue weighted by Crippen LogP contribution is -2.43. The molecule has 2 aromatic carbocycles. The average molecular weight is 435 g/mol. The standard InChI is InChI=1S/C24H26N4O2S/c1-24(2)14-26-22(29)18-7-5-15(12-19(18)24)20-9-10-25-23(28-20)27-17-6-8-21(30-3)16(11-17)13-31-4/h5-12H,13-14H2,1-4H3,(H,26,29)(H,25,27,28). The Morgan fingerprint density at radius 1 is 1.19 bits per heavy atom. The van der Waals surface area contributed by atoms with E-state index in [0.717, 1.165) is 45.1 Å². The number of carbonyl (C=O) groups excluding carboxylic acids is 1. The molecule has 0 saturated carbocycles. The van der Waals surface area contributed by atoms with Crippen LogP contribution in [-0.4, -0.2) is 35.8 Å². The molecule has 1 amide bonds. The molecule has 1 aliphatic heterocycles. The van der Waals surface area contributed by atoms with E-state index in [1.165, 1.54) is 0 Å². The highest BCUT2D eigenvalue weighted by Crippen LogP contribution is 2.33. The van der Waals surface area contributed by atoms with E-state index in [1.807, 2.05) is 30.3 Å². The first-order valence-electron chi connectivity index (χ1n) is 10.1. The summed E-state index contributed by atoms with van der Waals surface area (Å²) in [5, 5.41) is 6.26. The van der Waals surface area contributed by atoms with Crippen molar-refractivity contribution in [3.05, 3.63) is 65.4 Å². The minimum Gasteiger partial charge on any atom is -0.496 e. The quantitative estimate of drug-likeness (QED) is 0.582. The fourth-order valence-electron chi connectivity index (χ4n) is 3.79. The smallest absolute Gasteiger partial charge is 0.251 e. The summed E-state index contributed by atoms with van der Waals surface area (Å²) in [5.41, 5.74) is 5.43. The van der Waals surface area contributed by atoms with Gasteiger partial charge in [0.1, 0.15) is 5.75 Å². The van der Waals surface area contributed by atoms with E-state index in [2.05, 4.69) is 47.9 Å². The highest BCUT2D eigenvalue weighted by atomic mass is 32.2. The number of methoxy groups -OCH3 is 1. The second kappa shape index (κ2) is 8.59. The van der Waals surface area contributed by atoms with Gasteiger partial charge in [0.15, 0.2) is 0 Å². The summed E-state index contributed by atoms with van der Waals surface area (Å²) < 4.78 is 5.45. The Morgan fingerprint density at radius 2 is 2.03 bits per heavy atom. The second-order valence-electron chi connectivity index (χ2n) is 8.18. The number of amides is 1. The molecule has 0 radical (unpaired) electrons. The molecule has 0 unspecified atom stereocenters. The molecule has 0 spiro atoms. The third-order valence-electron chi connectivity index (χ3n) is 5.47. The third-order valence-corrected chi connectivity index (χ3v) is 6.07. The number of nitrogens with one attached hydrogen (secondary N) is 2. The maximum atomic E-state index is 12.2. The van der Waals surface area contributed by atoms with Crippen molar-refractivity contribution < 1.29 is 9.53 Å². The molecule has 0 atom stereocenters. The van der Waals surface area contributed by atoms with Crippen molar-refractivity contribution in [3.63, 3.8) is 0 Å². The zero-order valence-electron chi connectivity index (χ0n) is 18.2. The average Bonchev–Trinajstić information content (AvgIpc) is 2.77. The van der Waals surface area contributed by atoms with Crippen molar-refractivity contribution >= 4 is 29.3 Å². The molecule has 0 fully saturated rings. The SMILES string of the molecule is COc1ccc(Nc2nccc(-c3ccc4c(c3)C(C)(C)CNC4=O)n2)cc1CSC. The summed E-state index contributed by atoms with van der Waals surface area (Å²) >= 11 is 1.74. The summed E-state index contributed by atoms with van der Waals surface area (Å²) in [6.45, 7) is 4.89. The minimum absolute atomic E-state index is 0.0218. The Hall–Kier alpha value is -3.06. The Balaban J connectivity index is 1.64. The van der Waals surface area contributed by atoms with Gasteiger partial charge in [-0.15, -0.1) is 0 Å². The van der Waals surface area contributed by atoms with Crippen LogP contribution in [0.15, 0.2) is 48.7 Å². The van der Waals surface area contributed by atoms with Crippen molar-refractivity contribution in [3.8, 4) is 17.0 Å². The van der Waals surface area contributed by atoms with E-state index in [0.29, 0.717) is 12.5 Å². The maximum Gasteiger partial charge on any atom is 0.251 e. The molecule has 1 aliphatic rings. The van der Waals surface area contributed by atoms with Gasteiger partial charge in [0.25, 0.3) is 5.91 Å². The van der Waals surface area contributed by atoms with Gasteiger partial charge >= 0.3 is 0 Å². The largest absolute Gasteiger partial charge is 0.496 e. The van der Waals surface area contributed by atoms with Gasteiger partial charge in [0, 0.05) is 46.3 Å². The number of benzene rings is 2. The van der Waals surface area contributed by atoms with Crippen LogP contribution < -0.4 is 15.4 Å². The highest BCUT2D eigenvalue weighted by molar-refractivity contribution is 7.97. The Kier molecular flexibility index (Phi) is 5.87. The van der Waals surface area contributed by atoms with Gasteiger partial charge in [0.2, 0.25) is 5.95 Å². The van der Waals surface area contributed by atoms with Gasteiger partial charge in [-0.3, -0.25) is 4.79 Å². The molecule has 4 rings (SSSR count). The number of anilines is 2. The predicted molar refractivity (Wildman–Crippen MR) is 126 cm³/mol. The molecule has 0 aliphatic carbocycles. The van der Waals surface area contributed by atoms with Crippen LogP contribution >= 0.6 is 11.8 Å². The van der Waals surface area contributed by atoms with Crippen LogP contribution in [0.25, 0.3) is 11.3 Å². The molecule has 2 N–H and O–H groups in total. The number of fused-ring (bicyclic) bond motifs is 1. The lowest BCUT2D eigenvalue weighted by atomic mass is 9.78. The first kappa shape index (κ1) is 21.2. The molecule has 1 aromatic heterocycles. The summed E-state index contributed by atoms with van der Waals surface area (Å²) in [7, 11) is 1.68. The molecule has 0 bridgehead atoms. The number of hydrogen-bond acceptors (Lipinski definition) is 6. The molecule has 2 heterocycles. The Bertz CT molecular complexity index is 1130. The van der Waals surface area contributed by atoms with Crippen molar-refractivity contribution in [1.29, 1.82) is 0 Å². The molecular weight excluding hydrogens is 408 g/mol. The number of ether oxygens (including phenoxy) is 1. The molecule has 7 heteroatoms. The predicted octanol–water partition coefficient (Wildman–Crippen LogP) is 4.78. The van der Waals surface area contributed by atoms with E-state index < -0.39 is 0 Å². The van der Waals surface area contributed by atoms with Gasteiger partial charge in [0.05, 0.1) is 12.8 Å². The summed E-state index contributed by atoms with van der Waals surface area (Å²) in [4.78, 5) is 21.3. The number of carbonyl (C=O) groups is 1. The number of hydrogen-bond donors (Lipinski definition) is 2. The van der Waals surface area contributed by atoms with E-state index >= 15 is 0 Å². The number of thioether (sulfide) groups is 1. The Labute approximate surface area is 186 Å². The van der Waals surface area contributed by atoms with Crippen molar-refractivity contribution in [2.24, 2.45) is 0 Å². The first-order valence-corrected chi connectivity index (χ1v) is 11.5. The van der Waals surface area contributed by atoms with Crippen LogP contribution in [0.2, 0.25) is 0 Å². The van der Waals surface area contributed by atoms with E-state index in [4.69, 9.17) is 9.72 Å². The van der Waals surface area contributed by atoms with Gasteiger partial charge in [-0.25, -0.2) is 9.97 Å². The fourth-order valence-corrected chi connectivity index (χ4v) is 4.32. The first-order chi connectivity index (χ1) is 14.9. The van der Waals surface area contributed by atoms with E-state index in [1.54, 1.807) is 25.1 Å². The van der Waals surface area contributed by atoms with E-state index in [9.17, 15) is 4.79 Å². The second-order valence-corrected chi connectivity index (χ2v) is 9.04. The van der Waals surface area contributed by atoms with Crippen LogP contribution in [0.1, 0.15) is 35.3 Å². The molecule has 6 nitrogen and oxygen atoms in total. The van der Waals surface area contributed by atoms with Crippen LogP contribution in [0, 0.1) is 0 Å². The maximum absolute atomic E-state index is 12.2. The molecule has 160 valence electrons. The zero-order chi connectivity index (χ0) is 22.0. The normalized spacial score (nSPS) is 14.5. The number of nitrogens with zero attached hydrogens (tertiary/aromatic N) is 2. The fraction of sp³-hybridized carbons (Fsp3) is 0.292. The highest BCUT2D eigenvalue weighted by Gasteiger charge is 2.31. The zero-order valence-corrected chi connectivity index (χ0v) is 19.0. The van der Waals surface area contributed by atoms with Crippen molar-refractivity contribution in [2.75, 3.05) is 25.2 Å². The van der Waals surface area contributed by atoms with Crippen LogP contribution in [0.4, 0.5) is 11.6 Å². The van der Waals surface area contributed by atoms with E-state index in [-0.39, 0.29) is 11.3 Å². The topological polar surface area (TPSA) is 76.1 Å². The van der Waals surface area contributed by atoms with Crippen LogP contribution in [-0.2, 0) is 11.2 Å². The van der Waals surface area contributed by atoms with Gasteiger partial charge in [-0.05, 0) is 48.2 Å². The lowest BCUT2D eigenvalue weighted by Gasteiger charge is -2.32. The molecule has 0 saturated heterocycles. The monoisotopic (exact) mass is 434 g/mol. The number of aromatic nitrogens is 2. The van der Waals surface area contributed by atoms with Gasteiger partial charge < -0.3 is 15.4 Å². The lowest BCUT2D eigenvalue weighted by molar-refractivity contribution is 0.0930. The Morgan fingerprint density at radius 3 is 2.81 bits per heavy atom. The third kappa shape index (κ3) is 4.37.